The zero-order chi connectivity index (χ0) is 43.2. The molecule has 0 spiro atoms. The number of halogens is 2. The Morgan fingerprint density at radius 1 is 1.02 bits per heavy atom. The number of ether oxygens (including phenoxy) is 1. The minimum Gasteiger partial charge on any atom is -0.457 e. The number of imide groups is 1. The summed E-state index contributed by atoms with van der Waals surface area (Å²) in [6.45, 7) is 2.96. The molecule has 0 saturated heterocycles. The van der Waals surface area contributed by atoms with Gasteiger partial charge in [-0.05, 0) is 98.9 Å². The quantitative estimate of drug-likeness (QED) is 0.0624. The normalized spacial score (nSPS) is 17.4. The molecule has 1 aliphatic heterocycles. The molecule has 2 fully saturated rings. The summed E-state index contributed by atoms with van der Waals surface area (Å²) in [5.41, 5.74) is 1.75. The monoisotopic (exact) mass is 850 g/mol. The van der Waals surface area contributed by atoms with Crippen LogP contribution in [-0.2, 0) is 17.8 Å². The molecule has 0 bridgehead atoms. The van der Waals surface area contributed by atoms with E-state index in [-0.39, 0.29) is 48.2 Å². The first-order chi connectivity index (χ1) is 30.0. The predicted octanol–water partition coefficient (Wildman–Crippen LogP) is 6.71. The molecule has 0 atom stereocenters. The van der Waals surface area contributed by atoms with Crippen LogP contribution in [0.3, 0.4) is 0 Å². The van der Waals surface area contributed by atoms with Gasteiger partial charge < -0.3 is 35.3 Å². The average molecular weight is 851 g/mol. The molecular formula is C44H48F2N10O6. The smallest absolute Gasteiger partial charge is 0.315 e. The maximum Gasteiger partial charge on any atom is 0.315 e. The first-order valence-electron chi connectivity index (χ1n) is 20.8. The van der Waals surface area contributed by atoms with Crippen LogP contribution >= 0.6 is 0 Å². The van der Waals surface area contributed by atoms with Crippen molar-refractivity contribution in [2.24, 2.45) is 11.8 Å². The van der Waals surface area contributed by atoms with Crippen LogP contribution in [0.4, 0.5) is 25.1 Å². The summed E-state index contributed by atoms with van der Waals surface area (Å²) in [5.74, 6) is 1.24. The van der Waals surface area contributed by atoms with Gasteiger partial charge in [0.2, 0.25) is 11.8 Å². The lowest BCUT2D eigenvalue weighted by molar-refractivity contribution is -0.119. The predicted molar refractivity (Wildman–Crippen MR) is 224 cm³/mol. The van der Waals surface area contributed by atoms with Gasteiger partial charge in [0.15, 0.2) is 11.4 Å². The molecular weight excluding hydrogens is 803 g/mol. The second kappa shape index (κ2) is 18.9. The zero-order valence-corrected chi connectivity index (χ0v) is 34.2. The molecule has 324 valence electrons. The first-order valence-corrected chi connectivity index (χ1v) is 20.8. The van der Waals surface area contributed by atoms with Crippen LogP contribution in [-0.4, -0.2) is 81.6 Å². The maximum atomic E-state index is 14.1. The molecule has 62 heavy (non-hydrogen) atoms. The third kappa shape index (κ3) is 10.6. The molecule has 5 aromatic rings. The summed E-state index contributed by atoms with van der Waals surface area (Å²) in [7, 11) is 2.00. The summed E-state index contributed by atoms with van der Waals surface area (Å²) in [4.78, 5) is 60.8. The number of fused-ring (bicyclic) bond motifs is 1. The van der Waals surface area contributed by atoms with Gasteiger partial charge in [-0.25, -0.2) is 23.5 Å². The highest BCUT2D eigenvalue weighted by Crippen LogP contribution is 2.36. The number of oxazole rings is 1. The fourth-order valence-electron chi connectivity index (χ4n) is 7.83. The number of benzene rings is 2. The van der Waals surface area contributed by atoms with E-state index in [9.17, 15) is 28.0 Å². The van der Waals surface area contributed by atoms with Crippen molar-refractivity contribution < 1.29 is 37.1 Å². The van der Waals surface area contributed by atoms with Crippen LogP contribution in [0, 0.1) is 11.8 Å². The number of pyridine rings is 1. The number of likely N-dealkylation sites (N-methyl/N-ethyl adjacent to an activating group) is 1. The maximum absolute atomic E-state index is 14.1. The number of aromatic nitrogens is 4. The van der Waals surface area contributed by atoms with E-state index in [0.29, 0.717) is 58.9 Å². The molecule has 3 aliphatic rings. The standard InChI is InChI=1S/C44H48F2N10O6/c1-55(17-16-48-44(60)50-22-28-4-2-6-32(18-28)62-35-7-3-5-29-20-37(57)53-42(59)38(29)35)23-27-10-12-31(13-11-27)56-24-33(39(54-56)40(45)46)51-41(58)34-25-61-43(52-34)30-14-15-47-36(19-30)49-21-26-8-9-26/h2-7,14-15,18-19,24-27,31,40H,8-13,16-17,20-23H2,1H3,(H,47,49)(H,51,58)(H2,48,50,60)(H,53,57,59)/t27-,31-. The Labute approximate surface area is 356 Å². The first kappa shape index (κ1) is 42.0. The molecule has 3 aromatic heterocycles. The fourth-order valence-corrected chi connectivity index (χ4v) is 7.83. The summed E-state index contributed by atoms with van der Waals surface area (Å²) in [6.07, 6.45) is 7.13. The SMILES string of the molecule is CN(CCNC(=O)NCc1cccc(Oc2cccc3c2C(=O)NC(=O)C3)c1)C[C@H]1CC[C@H](n2cc(NC(=O)c3coc(-c4ccnc(NCC5CC5)c4)n3)c(C(F)F)n2)CC1. The number of alkyl halides is 2. The molecule has 5 amide bonds. The summed E-state index contributed by atoms with van der Waals surface area (Å²) in [6, 6.07) is 15.4. The number of amides is 5. The van der Waals surface area contributed by atoms with Crippen molar-refractivity contribution in [3.8, 4) is 23.0 Å². The third-order valence-electron chi connectivity index (χ3n) is 11.3. The number of rotatable bonds is 17. The number of nitrogens with one attached hydrogen (secondary N) is 5. The molecule has 0 unspecified atom stereocenters. The summed E-state index contributed by atoms with van der Waals surface area (Å²) >= 11 is 0. The number of anilines is 2. The van der Waals surface area contributed by atoms with Crippen LogP contribution in [0.5, 0.6) is 11.5 Å². The van der Waals surface area contributed by atoms with E-state index in [0.717, 1.165) is 44.3 Å². The summed E-state index contributed by atoms with van der Waals surface area (Å²) in [5, 5.41) is 18.1. The highest BCUT2D eigenvalue weighted by Gasteiger charge is 2.29. The molecule has 2 aliphatic carbocycles. The lowest BCUT2D eigenvalue weighted by atomic mass is 9.86. The Balaban J connectivity index is 0.756. The number of urea groups is 1. The van der Waals surface area contributed by atoms with Gasteiger partial charge >= 0.3 is 6.03 Å². The molecule has 2 saturated carbocycles. The lowest BCUT2D eigenvalue weighted by Crippen LogP contribution is -2.40. The molecule has 4 heterocycles. The topological polar surface area (TPSA) is 198 Å². The van der Waals surface area contributed by atoms with Crippen molar-refractivity contribution in [2.45, 2.75) is 64.0 Å². The van der Waals surface area contributed by atoms with E-state index in [2.05, 4.69) is 46.6 Å². The van der Waals surface area contributed by atoms with Gasteiger partial charge in [0.05, 0.1) is 23.7 Å². The summed E-state index contributed by atoms with van der Waals surface area (Å²) < 4.78 is 41.4. The van der Waals surface area contributed by atoms with Crippen molar-refractivity contribution in [1.82, 2.24) is 40.6 Å². The molecule has 0 radical (unpaired) electrons. The van der Waals surface area contributed by atoms with Gasteiger partial charge in [-0.1, -0.05) is 24.3 Å². The van der Waals surface area contributed by atoms with Crippen molar-refractivity contribution in [2.75, 3.05) is 43.9 Å². The highest BCUT2D eigenvalue weighted by molar-refractivity contribution is 6.11. The highest BCUT2D eigenvalue weighted by atomic mass is 19.3. The molecule has 5 N–H and O–H groups in total. The second-order valence-electron chi connectivity index (χ2n) is 16.1. The van der Waals surface area contributed by atoms with E-state index >= 15 is 0 Å². The van der Waals surface area contributed by atoms with Crippen molar-refractivity contribution in [3.05, 3.63) is 101 Å². The van der Waals surface area contributed by atoms with Gasteiger partial charge in [-0.2, -0.15) is 5.10 Å². The Bertz CT molecular complexity index is 2430. The number of hydrogen-bond acceptors (Lipinski definition) is 11. The Kier molecular flexibility index (Phi) is 12.8. The van der Waals surface area contributed by atoms with Crippen LogP contribution in [0.25, 0.3) is 11.5 Å². The fraction of sp³-hybridized carbons (Fsp3) is 0.386. The third-order valence-corrected chi connectivity index (χ3v) is 11.3. The Hall–Kier alpha value is -6.69. The van der Waals surface area contributed by atoms with Crippen LogP contribution < -0.4 is 31.3 Å². The van der Waals surface area contributed by atoms with Crippen LogP contribution in [0.15, 0.2) is 77.7 Å². The average Bonchev–Trinajstić information content (AvgIpc) is 3.77. The number of carbonyl (C=O) groups is 4. The van der Waals surface area contributed by atoms with Gasteiger partial charge in [-0.15, -0.1) is 0 Å². The second-order valence-corrected chi connectivity index (χ2v) is 16.1. The number of nitrogens with zero attached hydrogens (tertiary/aromatic N) is 5. The van der Waals surface area contributed by atoms with E-state index in [1.165, 1.54) is 25.3 Å². The van der Waals surface area contributed by atoms with E-state index in [1.807, 2.05) is 13.1 Å². The van der Waals surface area contributed by atoms with E-state index in [1.54, 1.807) is 59.4 Å². The van der Waals surface area contributed by atoms with Crippen LogP contribution in [0.2, 0.25) is 0 Å². The van der Waals surface area contributed by atoms with Crippen molar-refractivity contribution in [3.63, 3.8) is 0 Å². The number of hydrogen-bond donors (Lipinski definition) is 5. The lowest BCUT2D eigenvalue weighted by Gasteiger charge is -2.31. The van der Waals surface area contributed by atoms with E-state index in [4.69, 9.17) is 9.15 Å². The number of carbonyl (C=O) groups excluding carboxylic acids is 4. The van der Waals surface area contributed by atoms with Crippen molar-refractivity contribution in [1.29, 1.82) is 0 Å². The molecule has 18 heteroatoms. The van der Waals surface area contributed by atoms with Gasteiger partial charge in [-0.3, -0.25) is 24.4 Å². The molecule has 16 nitrogen and oxygen atoms in total. The van der Waals surface area contributed by atoms with E-state index < -0.39 is 23.9 Å². The van der Waals surface area contributed by atoms with Gasteiger partial charge in [0.1, 0.15) is 23.6 Å². The molecule has 2 aromatic carbocycles. The van der Waals surface area contributed by atoms with Gasteiger partial charge in [0, 0.05) is 50.7 Å². The van der Waals surface area contributed by atoms with Crippen molar-refractivity contribution >= 4 is 35.3 Å². The van der Waals surface area contributed by atoms with Gasteiger partial charge in [0.25, 0.3) is 18.2 Å². The zero-order valence-electron chi connectivity index (χ0n) is 34.2. The largest absolute Gasteiger partial charge is 0.457 e. The Morgan fingerprint density at radius 2 is 1.82 bits per heavy atom. The van der Waals surface area contributed by atoms with Crippen LogP contribution in [0.1, 0.15) is 88.7 Å². The Morgan fingerprint density at radius 3 is 2.63 bits per heavy atom. The minimum atomic E-state index is -2.89. The minimum absolute atomic E-state index is 0.0482. The molecule has 8 rings (SSSR count).